The number of para-hydroxylation sites is 2. The number of amides is 2. The van der Waals surface area contributed by atoms with Crippen LogP contribution in [0, 0.1) is 12.8 Å². The average molecular weight is 390 g/mol. The number of nitrogens with zero attached hydrogens (tertiary/aromatic N) is 2. The first-order valence-electron chi connectivity index (χ1n) is 10.2. The summed E-state index contributed by atoms with van der Waals surface area (Å²) in [5, 5.41) is 3.03. The van der Waals surface area contributed by atoms with Crippen molar-refractivity contribution >= 4 is 22.8 Å². The molecule has 1 saturated heterocycles. The van der Waals surface area contributed by atoms with E-state index in [1.807, 2.05) is 60.4 Å². The van der Waals surface area contributed by atoms with E-state index in [1.165, 1.54) is 0 Å². The second-order valence-electron chi connectivity index (χ2n) is 7.62. The van der Waals surface area contributed by atoms with Crippen LogP contribution in [0.25, 0.3) is 11.0 Å². The summed E-state index contributed by atoms with van der Waals surface area (Å²) in [6.07, 6.45) is 2.08. The number of aromatic amines is 1. The largest absolute Gasteiger partial charge is 0.355 e. The second kappa shape index (κ2) is 8.47. The molecule has 4 rings (SSSR count). The summed E-state index contributed by atoms with van der Waals surface area (Å²) in [7, 11) is 0. The number of aryl methyl sites for hydroxylation is 1. The van der Waals surface area contributed by atoms with Crippen molar-refractivity contribution in [3.63, 3.8) is 0 Å². The van der Waals surface area contributed by atoms with E-state index in [9.17, 15) is 9.59 Å². The van der Waals surface area contributed by atoms with Crippen molar-refractivity contribution in [2.45, 2.75) is 26.2 Å². The molecule has 150 valence electrons. The molecule has 1 aliphatic rings. The Morgan fingerprint density at radius 3 is 2.59 bits per heavy atom. The van der Waals surface area contributed by atoms with E-state index in [1.54, 1.807) is 0 Å². The van der Waals surface area contributed by atoms with Gasteiger partial charge in [0.25, 0.3) is 5.91 Å². The fourth-order valence-corrected chi connectivity index (χ4v) is 3.90. The van der Waals surface area contributed by atoms with Crippen LogP contribution in [0.2, 0.25) is 0 Å². The van der Waals surface area contributed by atoms with Crippen molar-refractivity contribution in [1.82, 2.24) is 20.2 Å². The number of piperidine rings is 1. The van der Waals surface area contributed by atoms with Crippen LogP contribution in [0.15, 0.2) is 48.5 Å². The van der Waals surface area contributed by atoms with Gasteiger partial charge in [0.2, 0.25) is 5.91 Å². The molecule has 2 aromatic carbocycles. The molecular formula is C23H26N4O2. The molecule has 2 amide bonds. The Bertz CT molecular complexity index is 985. The fourth-order valence-electron chi connectivity index (χ4n) is 3.90. The van der Waals surface area contributed by atoms with Crippen LogP contribution in [0.3, 0.4) is 0 Å². The maximum Gasteiger partial charge on any atom is 0.254 e. The maximum absolute atomic E-state index is 12.7. The molecule has 0 spiro atoms. The molecule has 1 fully saturated rings. The third-order valence-corrected chi connectivity index (χ3v) is 5.63. The van der Waals surface area contributed by atoms with Gasteiger partial charge in [-0.2, -0.15) is 0 Å². The van der Waals surface area contributed by atoms with Crippen LogP contribution in [0.5, 0.6) is 0 Å². The van der Waals surface area contributed by atoms with Crippen molar-refractivity contribution in [3.05, 3.63) is 65.5 Å². The Hall–Kier alpha value is -3.15. The molecular weight excluding hydrogens is 364 g/mol. The summed E-state index contributed by atoms with van der Waals surface area (Å²) in [6, 6.07) is 15.6. The zero-order valence-electron chi connectivity index (χ0n) is 16.6. The molecule has 0 unspecified atom stereocenters. The molecule has 0 bridgehead atoms. The number of fused-ring (bicyclic) bond motifs is 1. The SMILES string of the molecule is Cc1ccccc1C(=O)N1CCC(C(=O)NCCc2nc3ccccc3[nH]2)CC1. The number of nitrogens with one attached hydrogen (secondary N) is 2. The number of carbonyl (C=O) groups is 2. The first-order chi connectivity index (χ1) is 14.1. The van der Waals surface area contributed by atoms with E-state index < -0.39 is 0 Å². The van der Waals surface area contributed by atoms with Gasteiger partial charge in [0.05, 0.1) is 11.0 Å². The van der Waals surface area contributed by atoms with E-state index >= 15 is 0 Å². The molecule has 3 aromatic rings. The van der Waals surface area contributed by atoms with Gasteiger partial charge in [0.1, 0.15) is 5.82 Å². The maximum atomic E-state index is 12.7. The monoisotopic (exact) mass is 390 g/mol. The van der Waals surface area contributed by atoms with Gasteiger partial charge in [-0.1, -0.05) is 30.3 Å². The Labute approximate surface area is 170 Å². The second-order valence-corrected chi connectivity index (χ2v) is 7.62. The average Bonchev–Trinajstić information content (AvgIpc) is 3.16. The zero-order chi connectivity index (χ0) is 20.2. The van der Waals surface area contributed by atoms with Crippen molar-refractivity contribution < 1.29 is 9.59 Å². The predicted octanol–water partition coefficient (Wildman–Crippen LogP) is 3.08. The Balaban J connectivity index is 1.24. The lowest BCUT2D eigenvalue weighted by molar-refractivity contribution is -0.126. The number of carbonyl (C=O) groups excluding carboxylic acids is 2. The summed E-state index contributed by atoms with van der Waals surface area (Å²) in [4.78, 5) is 34.9. The van der Waals surface area contributed by atoms with Crippen LogP contribution in [0.4, 0.5) is 0 Å². The third kappa shape index (κ3) is 4.31. The predicted molar refractivity (Wildman–Crippen MR) is 113 cm³/mol. The Kier molecular flexibility index (Phi) is 5.60. The first-order valence-corrected chi connectivity index (χ1v) is 10.2. The highest BCUT2D eigenvalue weighted by Gasteiger charge is 2.28. The lowest BCUT2D eigenvalue weighted by Crippen LogP contribution is -2.43. The van der Waals surface area contributed by atoms with Gasteiger partial charge in [-0.05, 0) is 43.5 Å². The number of hydrogen-bond acceptors (Lipinski definition) is 3. The smallest absolute Gasteiger partial charge is 0.254 e. The molecule has 29 heavy (non-hydrogen) atoms. The van der Waals surface area contributed by atoms with Crippen LogP contribution in [-0.2, 0) is 11.2 Å². The van der Waals surface area contributed by atoms with E-state index in [0.29, 0.717) is 38.9 Å². The van der Waals surface area contributed by atoms with Gasteiger partial charge in [0.15, 0.2) is 0 Å². The van der Waals surface area contributed by atoms with Gasteiger partial charge in [-0.3, -0.25) is 9.59 Å². The number of aromatic nitrogens is 2. The van der Waals surface area contributed by atoms with Crippen LogP contribution in [0.1, 0.15) is 34.6 Å². The minimum atomic E-state index is -0.0356. The van der Waals surface area contributed by atoms with Crippen molar-refractivity contribution in [2.75, 3.05) is 19.6 Å². The van der Waals surface area contributed by atoms with Gasteiger partial charge in [-0.15, -0.1) is 0 Å². The van der Waals surface area contributed by atoms with Crippen molar-refractivity contribution in [1.29, 1.82) is 0 Å². The summed E-state index contributed by atoms with van der Waals surface area (Å²) in [5.74, 6) is 0.979. The Morgan fingerprint density at radius 1 is 1.10 bits per heavy atom. The molecule has 2 N–H and O–H groups in total. The van der Waals surface area contributed by atoms with Crippen molar-refractivity contribution in [2.24, 2.45) is 5.92 Å². The summed E-state index contributed by atoms with van der Waals surface area (Å²) in [5.41, 5.74) is 3.70. The van der Waals surface area contributed by atoms with E-state index in [-0.39, 0.29) is 17.7 Å². The number of H-pyrrole nitrogens is 1. The highest BCUT2D eigenvalue weighted by Crippen LogP contribution is 2.20. The number of likely N-dealkylation sites (tertiary alicyclic amines) is 1. The quantitative estimate of drug-likeness (QED) is 0.703. The summed E-state index contributed by atoms with van der Waals surface area (Å²) >= 11 is 0. The minimum Gasteiger partial charge on any atom is -0.355 e. The van der Waals surface area contributed by atoms with Crippen molar-refractivity contribution in [3.8, 4) is 0 Å². The van der Waals surface area contributed by atoms with E-state index in [0.717, 1.165) is 28.0 Å². The third-order valence-electron chi connectivity index (χ3n) is 5.63. The van der Waals surface area contributed by atoms with Crippen LogP contribution < -0.4 is 5.32 Å². The molecule has 6 nitrogen and oxygen atoms in total. The number of imidazole rings is 1. The van der Waals surface area contributed by atoms with Gasteiger partial charge in [-0.25, -0.2) is 4.98 Å². The standard InChI is InChI=1S/C23H26N4O2/c1-16-6-2-3-7-18(16)23(29)27-14-11-17(12-15-27)22(28)24-13-10-21-25-19-8-4-5-9-20(19)26-21/h2-9,17H,10-15H2,1H3,(H,24,28)(H,25,26). The molecule has 0 radical (unpaired) electrons. The topological polar surface area (TPSA) is 78.1 Å². The van der Waals surface area contributed by atoms with E-state index in [4.69, 9.17) is 0 Å². The number of hydrogen-bond donors (Lipinski definition) is 2. The highest BCUT2D eigenvalue weighted by atomic mass is 16.2. The fraction of sp³-hybridized carbons (Fsp3) is 0.348. The molecule has 1 aromatic heterocycles. The van der Waals surface area contributed by atoms with Crippen LogP contribution >= 0.6 is 0 Å². The lowest BCUT2D eigenvalue weighted by atomic mass is 9.95. The Morgan fingerprint density at radius 2 is 1.83 bits per heavy atom. The highest BCUT2D eigenvalue weighted by molar-refractivity contribution is 5.95. The molecule has 6 heteroatoms. The molecule has 2 heterocycles. The number of rotatable bonds is 5. The first kappa shape index (κ1) is 19.2. The van der Waals surface area contributed by atoms with Gasteiger partial charge < -0.3 is 15.2 Å². The number of benzene rings is 2. The molecule has 0 aliphatic carbocycles. The molecule has 0 saturated carbocycles. The normalized spacial score (nSPS) is 14.9. The molecule has 0 atom stereocenters. The lowest BCUT2D eigenvalue weighted by Gasteiger charge is -2.31. The van der Waals surface area contributed by atoms with Gasteiger partial charge >= 0.3 is 0 Å². The van der Waals surface area contributed by atoms with Gasteiger partial charge in [0, 0.05) is 37.5 Å². The van der Waals surface area contributed by atoms with E-state index in [2.05, 4.69) is 15.3 Å². The minimum absolute atomic E-state index is 0.0356. The summed E-state index contributed by atoms with van der Waals surface area (Å²) in [6.45, 7) is 3.75. The summed E-state index contributed by atoms with van der Waals surface area (Å²) < 4.78 is 0. The zero-order valence-corrected chi connectivity index (χ0v) is 16.6. The van der Waals surface area contributed by atoms with Crippen LogP contribution in [-0.4, -0.2) is 46.3 Å². The molecule has 1 aliphatic heterocycles.